The first-order valence-electron chi connectivity index (χ1n) is 8.52. The highest BCUT2D eigenvalue weighted by atomic mass is 32.2. The zero-order valence-corrected chi connectivity index (χ0v) is 15.5. The summed E-state index contributed by atoms with van der Waals surface area (Å²) in [7, 11) is 0. The summed E-state index contributed by atoms with van der Waals surface area (Å²) in [6.45, 7) is 4.90. The van der Waals surface area contributed by atoms with Gasteiger partial charge < -0.3 is 0 Å². The van der Waals surface area contributed by atoms with Gasteiger partial charge in [-0.2, -0.15) is 0 Å². The van der Waals surface area contributed by atoms with Crippen molar-refractivity contribution in [2.75, 3.05) is 0 Å². The van der Waals surface area contributed by atoms with Crippen LogP contribution in [-0.2, 0) is 6.54 Å². The van der Waals surface area contributed by atoms with E-state index in [1.165, 1.54) is 16.7 Å². The standard InChI is InChI=1S/C20H19N5S/c1-14-8-10-16(11-9-14)12-25-19-18(23-24-25)20(22-13-21-19)26-15(2)17-6-4-3-5-7-17/h3-11,13,15H,12H2,1-2H3/t15-/m0/s1. The van der Waals surface area contributed by atoms with Gasteiger partial charge in [0.2, 0.25) is 0 Å². The molecule has 0 fully saturated rings. The molecule has 0 N–H and O–H groups in total. The average Bonchev–Trinajstić information content (AvgIpc) is 3.08. The fraction of sp³-hybridized carbons (Fsp3) is 0.200. The van der Waals surface area contributed by atoms with Gasteiger partial charge in [-0.25, -0.2) is 14.6 Å². The number of rotatable bonds is 5. The molecule has 2 aromatic carbocycles. The lowest BCUT2D eigenvalue weighted by molar-refractivity contribution is 0.664. The van der Waals surface area contributed by atoms with Crippen molar-refractivity contribution in [1.82, 2.24) is 25.0 Å². The molecular weight excluding hydrogens is 342 g/mol. The average molecular weight is 361 g/mol. The summed E-state index contributed by atoms with van der Waals surface area (Å²) < 4.78 is 1.83. The lowest BCUT2D eigenvalue weighted by Crippen LogP contribution is -2.03. The van der Waals surface area contributed by atoms with E-state index in [9.17, 15) is 0 Å². The zero-order chi connectivity index (χ0) is 17.9. The van der Waals surface area contributed by atoms with Crippen molar-refractivity contribution in [1.29, 1.82) is 0 Å². The van der Waals surface area contributed by atoms with E-state index in [0.29, 0.717) is 6.54 Å². The minimum absolute atomic E-state index is 0.275. The highest BCUT2D eigenvalue weighted by Crippen LogP contribution is 2.35. The van der Waals surface area contributed by atoms with Gasteiger partial charge >= 0.3 is 0 Å². The number of aryl methyl sites for hydroxylation is 1. The first kappa shape index (κ1) is 16.7. The van der Waals surface area contributed by atoms with Crippen LogP contribution in [0.15, 0.2) is 66.0 Å². The maximum Gasteiger partial charge on any atom is 0.183 e. The van der Waals surface area contributed by atoms with Crippen LogP contribution in [0.3, 0.4) is 0 Å². The molecule has 0 aliphatic heterocycles. The van der Waals surface area contributed by atoms with E-state index in [0.717, 1.165) is 16.2 Å². The molecule has 0 amide bonds. The lowest BCUT2D eigenvalue weighted by Gasteiger charge is -2.10. The van der Waals surface area contributed by atoms with Crippen molar-refractivity contribution in [3.63, 3.8) is 0 Å². The fourth-order valence-electron chi connectivity index (χ4n) is 2.79. The van der Waals surface area contributed by atoms with E-state index in [-0.39, 0.29) is 5.25 Å². The van der Waals surface area contributed by atoms with Crippen LogP contribution in [0.5, 0.6) is 0 Å². The van der Waals surface area contributed by atoms with Crippen LogP contribution < -0.4 is 0 Å². The van der Waals surface area contributed by atoms with Gasteiger partial charge in [0.1, 0.15) is 11.4 Å². The van der Waals surface area contributed by atoms with Gasteiger partial charge in [-0.1, -0.05) is 77.1 Å². The molecule has 130 valence electrons. The molecule has 5 nitrogen and oxygen atoms in total. The number of nitrogens with zero attached hydrogens (tertiary/aromatic N) is 5. The van der Waals surface area contributed by atoms with E-state index in [1.54, 1.807) is 18.1 Å². The van der Waals surface area contributed by atoms with Crippen LogP contribution >= 0.6 is 11.8 Å². The molecule has 0 saturated carbocycles. The third-order valence-electron chi connectivity index (χ3n) is 4.28. The minimum Gasteiger partial charge on any atom is -0.227 e. The van der Waals surface area contributed by atoms with Crippen LogP contribution in [0.1, 0.15) is 28.9 Å². The predicted molar refractivity (Wildman–Crippen MR) is 104 cm³/mol. The molecule has 4 rings (SSSR count). The number of hydrogen-bond acceptors (Lipinski definition) is 5. The summed E-state index contributed by atoms with van der Waals surface area (Å²) in [4.78, 5) is 8.85. The number of hydrogen-bond donors (Lipinski definition) is 0. The summed E-state index contributed by atoms with van der Waals surface area (Å²) in [5.41, 5.74) is 5.20. The second kappa shape index (κ2) is 7.25. The summed E-state index contributed by atoms with van der Waals surface area (Å²) in [6, 6.07) is 18.8. The Balaban J connectivity index is 1.61. The fourth-order valence-corrected chi connectivity index (χ4v) is 3.77. The summed E-state index contributed by atoms with van der Waals surface area (Å²) in [5.74, 6) is 0. The number of thioether (sulfide) groups is 1. The second-order valence-corrected chi connectivity index (χ2v) is 7.58. The first-order valence-corrected chi connectivity index (χ1v) is 9.40. The van der Waals surface area contributed by atoms with Crippen LogP contribution in [0.2, 0.25) is 0 Å². The topological polar surface area (TPSA) is 56.5 Å². The van der Waals surface area contributed by atoms with Gasteiger partial charge in [-0.05, 0) is 25.0 Å². The molecule has 0 unspecified atom stereocenters. The quantitative estimate of drug-likeness (QED) is 0.389. The van der Waals surface area contributed by atoms with Gasteiger partial charge in [0, 0.05) is 5.25 Å². The predicted octanol–water partition coefficient (Wildman–Crippen LogP) is 4.43. The SMILES string of the molecule is Cc1ccc(Cn2nnc3c(S[C@@H](C)c4ccccc4)ncnc32)cc1. The van der Waals surface area contributed by atoms with Gasteiger partial charge in [0.05, 0.1) is 6.54 Å². The molecule has 26 heavy (non-hydrogen) atoms. The van der Waals surface area contributed by atoms with Crippen molar-refractivity contribution < 1.29 is 0 Å². The molecule has 0 saturated heterocycles. The van der Waals surface area contributed by atoms with Crippen LogP contribution in [0.4, 0.5) is 0 Å². The molecule has 0 aliphatic rings. The van der Waals surface area contributed by atoms with E-state index in [2.05, 4.69) is 82.7 Å². The molecule has 0 bridgehead atoms. The zero-order valence-electron chi connectivity index (χ0n) is 14.7. The monoisotopic (exact) mass is 361 g/mol. The number of aromatic nitrogens is 5. The number of benzene rings is 2. The van der Waals surface area contributed by atoms with E-state index in [1.807, 2.05) is 10.7 Å². The smallest absolute Gasteiger partial charge is 0.183 e. The molecule has 0 radical (unpaired) electrons. The Bertz CT molecular complexity index is 1010. The molecule has 4 aromatic rings. The van der Waals surface area contributed by atoms with Crippen molar-refractivity contribution in [2.45, 2.75) is 30.7 Å². The maximum absolute atomic E-state index is 4.44. The van der Waals surface area contributed by atoms with Crippen molar-refractivity contribution in [2.24, 2.45) is 0 Å². The third-order valence-corrected chi connectivity index (χ3v) is 5.42. The Kier molecular flexibility index (Phi) is 4.67. The highest BCUT2D eigenvalue weighted by molar-refractivity contribution is 7.99. The Morgan fingerprint density at radius 2 is 1.77 bits per heavy atom. The van der Waals surface area contributed by atoms with Gasteiger partial charge in [-0.3, -0.25) is 0 Å². The van der Waals surface area contributed by atoms with Crippen molar-refractivity contribution in [3.05, 3.63) is 77.6 Å². The Hall–Kier alpha value is -2.73. The van der Waals surface area contributed by atoms with E-state index in [4.69, 9.17) is 0 Å². The Labute approximate surface area is 156 Å². The van der Waals surface area contributed by atoms with E-state index >= 15 is 0 Å². The highest BCUT2D eigenvalue weighted by Gasteiger charge is 2.16. The van der Waals surface area contributed by atoms with Crippen molar-refractivity contribution >= 4 is 22.9 Å². The van der Waals surface area contributed by atoms with Crippen LogP contribution in [0, 0.1) is 6.92 Å². The second-order valence-electron chi connectivity index (χ2n) is 6.25. The summed E-state index contributed by atoms with van der Waals surface area (Å²) in [5, 5.41) is 9.79. The molecular formula is C20H19N5S. The Morgan fingerprint density at radius 1 is 1.00 bits per heavy atom. The third kappa shape index (κ3) is 3.46. The molecule has 2 aromatic heterocycles. The normalized spacial score (nSPS) is 12.4. The van der Waals surface area contributed by atoms with E-state index < -0.39 is 0 Å². The van der Waals surface area contributed by atoms with Crippen molar-refractivity contribution in [3.8, 4) is 0 Å². The maximum atomic E-state index is 4.44. The van der Waals surface area contributed by atoms with Gasteiger partial charge in [0.25, 0.3) is 0 Å². The van der Waals surface area contributed by atoms with Crippen LogP contribution in [-0.4, -0.2) is 25.0 Å². The lowest BCUT2D eigenvalue weighted by atomic mass is 10.1. The molecule has 0 aliphatic carbocycles. The summed E-state index contributed by atoms with van der Waals surface area (Å²) >= 11 is 1.68. The number of fused-ring (bicyclic) bond motifs is 1. The molecule has 1 atom stereocenters. The summed E-state index contributed by atoms with van der Waals surface area (Å²) in [6.07, 6.45) is 1.59. The first-order chi connectivity index (χ1) is 12.7. The van der Waals surface area contributed by atoms with Gasteiger partial charge in [0.15, 0.2) is 11.2 Å². The molecule has 2 heterocycles. The van der Waals surface area contributed by atoms with Crippen LogP contribution in [0.25, 0.3) is 11.2 Å². The molecule has 6 heteroatoms. The van der Waals surface area contributed by atoms with Gasteiger partial charge in [-0.15, -0.1) is 5.10 Å². The minimum atomic E-state index is 0.275. The Morgan fingerprint density at radius 3 is 2.54 bits per heavy atom. The molecule has 0 spiro atoms. The largest absolute Gasteiger partial charge is 0.227 e.